The molecule has 1 atom stereocenters. The Labute approximate surface area is 181 Å². The first-order valence-corrected chi connectivity index (χ1v) is 9.72. The molecule has 0 saturated heterocycles. The number of ether oxygens (including phenoxy) is 3. The molecule has 10 heteroatoms. The number of fused-ring (bicyclic) bond motifs is 1. The summed E-state index contributed by atoms with van der Waals surface area (Å²) in [6.45, 7) is 3.44. The first-order chi connectivity index (χ1) is 14.8. The van der Waals surface area contributed by atoms with Gasteiger partial charge in [0.2, 0.25) is 0 Å². The number of para-hydroxylation sites is 1. The van der Waals surface area contributed by atoms with Crippen LogP contribution in [0.25, 0.3) is 10.9 Å². The van der Waals surface area contributed by atoms with Gasteiger partial charge in [-0.05, 0) is 43.7 Å². The van der Waals surface area contributed by atoms with E-state index in [0.29, 0.717) is 16.5 Å². The maximum atomic E-state index is 12.6. The summed E-state index contributed by atoms with van der Waals surface area (Å²) in [6.07, 6.45) is 0.388. The summed E-state index contributed by atoms with van der Waals surface area (Å²) in [6, 6.07) is 9.68. The van der Waals surface area contributed by atoms with Gasteiger partial charge in [0, 0.05) is 0 Å². The molecule has 0 aliphatic carbocycles. The minimum absolute atomic E-state index is 0.150. The molecular formula is C21H20ClN3O6. The molecule has 0 spiro atoms. The molecule has 0 fully saturated rings. The zero-order chi connectivity index (χ0) is 22.5. The third kappa shape index (κ3) is 4.77. The molecule has 1 aromatic heterocycles. The van der Waals surface area contributed by atoms with Gasteiger partial charge in [-0.15, -0.1) is 4.68 Å². The zero-order valence-electron chi connectivity index (χ0n) is 17.0. The molecule has 0 amide bonds. The SMILES string of the molecule is CCOC(=O)[C@@H](C)Oc1c(Cl)cc(C=Nn2c(=O)[nH]c3ccccc3c2=O)cc1OC. The molecule has 0 saturated carbocycles. The van der Waals surface area contributed by atoms with Gasteiger partial charge in [0.1, 0.15) is 0 Å². The highest BCUT2D eigenvalue weighted by Crippen LogP contribution is 2.36. The lowest BCUT2D eigenvalue weighted by molar-refractivity contribution is -0.150. The molecule has 3 aromatic rings. The number of halogens is 1. The number of esters is 1. The second-order valence-electron chi connectivity index (χ2n) is 6.38. The van der Waals surface area contributed by atoms with E-state index < -0.39 is 23.3 Å². The lowest BCUT2D eigenvalue weighted by atomic mass is 10.2. The number of carbonyl (C=O) groups is 1. The van der Waals surface area contributed by atoms with Crippen LogP contribution in [-0.4, -0.2) is 41.7 Å². The summed E-state index contributed by atoms with van der Waals surface area (Å²) in [5, 5.41) is 4.47. The number of nitrogens with zero attached hydrogens (tertiary/aromatic N) is 2. The van der Waals surface area contributed by atoms with Crippen molar-refractivity contribution in [2.24, 2.45) is 5.10 Å². The van der Waals surface area contributed by atoms with Gasteiger partial charge in [0.25, 0.3) is 5.56 Å². The first kappa shape index (κ1) is 22.1. The van der Waals surface area contributed by atoms with E-state index in [9.17, 15) is 14.4 Å². The molecule has 162 valence electrons. The second-order valence-corrected chi connectivity index (χ2v) is 6.79. The maximum absolute atomic E-state index is 12.6. The average molecular weight is 446 g/mol. The molecule has 0 unspecified atom stereocenters. The number of rotatable bonds is 7. The molecule has 3 rings (SSSR count). The number of carbonyl (C=O) groups excluding carboxylic acids is 1. The van der Waals surface area contributed by atoms with Gasteiger partial charge >= 0.3 is 11.7 Å². The van der Waals surface area contributed by atoms with E-state index in [1.165, 1.54) is 26.3 Å². The van der Waals surface area contributed by atoms with Crippen LogP contribution in [0, 0.1) is 0 Å². The van der Waals surface area contributed by atoms with Crippen molar-refractivity contribution in [3.8, 4) is 11.5 Å². The minimum atomic E-state index is -0.902. The van der Waals surface area contributed by atoms with Crippen molar-refractivity contribution in [3.05, 3.63) is 67.8 Å². The third-order valence-corrected chi connectivity index (χ3v) is 4.55. The molecular weight excluding hydrogens is 426 g/mol. The van der Waals surface area contributed by atoms with Crippen LogP contribution in [0.1, 0.15) is 19.4 Å². The molecule has 2 aromatic carbocycles. The largest absolute Gasteiger partial charge is 0.493 e. The number of benzene rings is 2. The number of hydrogen-bond donors (Lipinski definition) is 1. The van der Waals surface area contributed by atoms with Crippen LogP contribution < -0.4 is 20.7 Å². The monoisotopic (exact) mass is 445 g/mol. The Kier molecular flexibility index (Phi) is 6.76. The van der Waals surface area contributed by atoms with E-state index in [2.05, 4.69) is 10.1 Å². The Hall–Kier alpha value is -3.59. The number of H-pyrrole nitrogens is 1. The van der Waals surface area contributed by atoms with Crippen molar-refractivity contribution >= 4 is 34.7 Å². The minimum Gasteiger partial charge on any atom is -0.493 e. The van der Waals surface area contributed by atoms with E-state index in [1.54, 1.807) is 37.3 Å². The fourth-order valence-electron chi connectivity index (χ4n) is 2.80. The van der Waals surface area contributed by atoms with E-state index in [-0.39, 0.29) is 23.1 Å². The molecule has 0 radical (unpaired) electrons. The fraction of sp³-hybridized carbons (Fsp3) is 0.238. The summed E-state index contributed by atoms with van der Waals surface area (Å²) in [5.41, 5.74) is -0.374. The molecule has 0 bridgehead atoms. The van der Waals surface area contributed by atoms with Gasteiger partial charge in [-0.3, -0.25) is 4.79 Å². The average Bonchev–Trinajstić information content (AvgIpc) is 2.75. The summed E-state index contributed by atoms with van der Waals surface area (Å²) in [5.74, 6) is -0.145. The van der Waals surface area contributed by atoms with Gasteiger partial charge in [-0.2, -0.15) is 5.10 Å². The number of aromatic amines is 1. The third-order valence-electron chi connectivity index (χ3n) is 4.27. The van der Waals surface area contributed by atoms with Crippen LogP contribution in [-0.2, 0) is 9.53 Å². The lowest BCUT2D eigenvalue weighted by Crippen LogP contribution is -2.32. The molecule has 31 heavy (non-hydrogen) atoms. The number of aromatic nitrogens is 2. The number of methoxy groups -OCH3 is 1. The molecule has 0 aliphatic heterocycles. The molecule has 0 aliphatic rings. The highest BCUT2D eigenvalue weighted by molar-refractivity contribution is 6.32. The highest BCUT2D eigenvalue weighted by atomic mass is 35.5. The van der Waals surface area contributed by atoms with Crippen molar-refractivity contribution < 1.29 is 19.0 Å². The highest BCUT2D eigenvalue weighted by Gasteiger charge is 2.20. The zero-order valence-corrected chi connectivity index (χ0v) is 17.8. The standard InChI is InChI=1S/C21H20ClN3O6/c1-4-30-20(27)12(2)31-18-15(22)9-13(10-17(18)29-3)11-23-25-19(26)14-7-5-6-8-16(14)24-21(25)28/h5-12H,4H2,1-3H3,(H,24,28)/t12-/m1/s1. The Morgan fingerprint density at radius 2 is 2.03 bits per heavy atom. The van der Waals surface area contributed by atoms with Gasteiger partial charge in [-0.1, -0.05) is 23.7 Å². The van der Waals surface area contributed by atoms with E-state index >= 15 is 0 Å². The van der Waals surface area contributed by atoms with Crippen LogP contribution in [0.2, 0.25) is 5.02 Å². The molecule has 1 heterocycles. The van der Waals surface area contributed by atoms with Crippen LogP contribution in [0.3, 0.4) is 0 Å². The van der Waals surface area contributed by atoms with Gasteiger partial charge in [0.05, 0.1) is 35.9 Å². The lowest BCUT2D eigenvalue weighted by Gasteiger charge is -2.17. The maximum Gasteiger partial charge on any atom is 0.349 e. The normalized spacial score (nSPS) is 12.1. The van der Waals surface area contributed by atoms with Gasteiger partial charge in [0.15, 0.2) is 17.6 Å². The van der Waals surface area contributed by atoms with Crippen LogP contribution in [0.5, 0.6) is 11.5 Å². The number of nitrogens with one attached hydrogen (secondary N) is 1. The van der Waals surface area contributed by atoms with Crippen LogP contribution >= 0.6 is 11.6 Å². The van der Waals surface area contributed by atoms with E-state index in [1.807, 2.05) is 0 Å². The molecule has 9 nitrogen and oxygen atoms in total. The van der Waals surface area contributed by atoms with Crippen molar-refractivity contribution in [1.29, 1.82) is 0 Å². The van der Waals surface area contributed by atoms with E-state index in [0.717, 1.165) is 4.68 Å². The van der Waals surface area contributed by atoms with Gasteiger partial charge < -0.3 is 19.2 Å². The predicted molar refractivity (Wildman–Crippen MR) is 117 cm³/mol. The number of hydrogen-bond acceptors (Lipinski definition) is 7. The fourth-order valence-corrected chi connectivity index (χ4v) is 3.06. The summed E-state index contributed by atoms with van der Waals surface area (Å²) < 4.78 is 16.5. The summed E-state index contributed by atoms with van der Waals surface area (Å²) in [4.78, 5) is 39.2. The Bertz CT molecular complexity index is 1260. The predicted octanol–water partition coefficient (Wildman–Crippen LogP) is 2.56. The smallest absolute Gasteiger partial charge is 0.349 e. The van der Waals surface area contributed by atoms with Crippen molar-refractivity contribution in [2.45, 2.75) is 20.0 Å². The second kappa shape index (κ2) is 9.48. The summed E-state index contributed by atoms with van der Waals surface area (Å²) in [7, 11) is 1.41. The summed E-state index contributed by atoms with van der Waals surface area (Å²) >= 11 is 6.31. The first-order valence-electron chi connectivity index (χ1n) is 9.35. The van der Waals surface area contributed by atoms with Crippen LogP contribution in [0.4, 0.5) is 0 Å². The molecule has 1 N–H and O–H groups in total. The van der Waals surface area contributed by atoms with Crippen molar-refractivity contribution in [1.82, 2.24) is 9.66 Å². The topological polar surface area (TPSA) is 112 Å². The van der Waals surface area contributed by atoms with Crippen molar-refractivity contribution in [3.63, 3.8) is 0 Å². The van der Waals surface area contributed by atoms with E-state index in [4.69, 9.17) is 25.8 Å². The quantitative estimate of drug-likeness (QED) is 0.442. The Morgan fingerprint density at radius 3 is 2.74 bits per heavy atom. The Balaban J connectivity index is 1.95. The van der Waals surface area contributed by atoms with Crippen LogP contribution in [0.15, 0.2) is 51.1 Å². The van der Waals surface area contributed by atoms with Crippen molar-refractivity contribution in [2.75, 3.05) is 13.7 Å². The Morgan fingerprint density at radius 1 is 1.29 bits per heavy atom. The van der Waals surface area contributed by atoms with Gasteiger partial charge in [-0.25, -0.2) is 9.59 Å².